The Morgan fingerprint density at radius 3 is 2.35 bits per heavy atom. The summed E-state index contributed by atoms with van der Waals surface area (Å²) < 4.78 is 11.6. The highest BCUT2D eigenvalue weighted by Crippen LogP contribution is 2.11. The molecule has 0 bridgehead atoms. The van der Waals surface area contributed by atoms with Gasteiger partial charge in [0.05, 0.1) is 18.3 Å². The molecule has 0 amide bonds. The Kier molecular flexibility index (Phi) is 14.8. The molecule has 156 valence electrons. The fourth-order valence-corrected chi connectivity index (χ4v) is 3.35. The maximum Gasteiger partial charge on any atom is 0.190 e. The van der Waals surface area contributed by atoms with Crippen molar-refractivity contribution < 1.29 is 9.47 Å². The molecule has 3 unspecified atom stereocenters. The minimum absolute atomic E-state index is 0. The van der Waals surface area contributed by atoms with Crippen LogP contribution in [0.25, 0.3) is 0 Å². The van der Waals surface area contributed by atoms with E-state index >= 15 is 0 Å². The molecule has 1 aliphatic heterocycles. The van der Waals surface area contributed by atoms with Gasteiger partial charge in [0.2, 0.25) is 0 Å². The van der Waals surface area contributed by atoms with Gasteiger partial charge in [-0.1, -0.05) is 13.8 Å². The lowest BCUT2D eigenvalue weighted by Crippen LogP contribution is -2.46. The van der Waals surface area contributed by atoms with E-state index < -0.39 is 0 Å². The first-order valence-electron chi connectivity index (χ1n) is 9.90. The van der Waals surface area contributed by atoms with Crippen LogP contribution in [-0.4, -0.2) is 75.5 Å². The van der Waals surface area contributed by atoms with Gasteiger partial charge in [-0.3, -0.25) is 9.89 Å². The molecule has 1 saturated heterocycles. The van der Waals surface area contributed by atoms with Crippen molar-refractivity contribution in [2.24, 2.45) is 10.9 Å². The summed E-state index contributed by atoms with van der Waals surface area (Å²) in [5.74, 6) is 1.41. The molecule has 0 saturated carbocycles. The Bertz CT molecular complexity index is 373. The van der Waals surface area contributed by atoms with E-state index in [0.717, 1.165) is 58.1 Å². The molecule has 1 heterocycles. The number of aliphatic imine (C=N–C) groups is 1. The number of morpholine rings is 1. The lowest BCUT2D eigenvalue weighted by molar-refractivity contribution is -0.0679. The van der Waals surface area contributed by atoms with Gasteiger partial charge in [0.25, 0.3) is 0 Å². The number of nitrogens with one attached hydrogen (secondary N) is 2. The third-order valence-corrected chi connectivity index (χ3v) is 4.51. The van der Waals surface area contributed by atoms with E-state index in [-0.39, 0.29) is 24.0 Å². The van der Waals surface area contributed by atoms with Crippen LogP contribution in [0.4, 0.5) is 0 Å². The molecular formula is C19H41IN4O2. The molecule has 0 aromatic heterocycles. The molecule has 26 heavy (non-hydrogen) atoms. The molecular weight excluding hydrogens is 443 g/mol. The minimum Gasteiger partial charge on any atom is -0.378 e. The van der Waals surface area contributed by atoms with Gasteiger partial charge in [-0.25, -0.2) is 0 Å². The fraction of sp³-hybridized carbons (Fsp3) is 0.947. The topological polar surface area (TPSA) is 58.1 Å². The van der Waals surface area contributed by atoms with Gasteiger partial charge in [0.1, 0.15) is 0 Å². The summed E-state index contributed by atoms with van der Waals surface area (Å²) >= 11 is 0. The van der Waals surface area contributed by atoms with Gasteiger partial charge < -0.3 is 20.1 Å². The minimum atomic E-state index is 0. The molecule has 1 fully saturated rings. The van der Waals surface area contributed by atoms with Gasteiger partial charge in [0, 0.05) is 46.4 Å². The second kappa shape index (κ2) is 14.9. The van der Waals surface area contributed by atoms with Gasteiger partial charge in [-0.05, 0) is 39.5 Å². The molecule has 6 nitrogen and oxygen atoms in total. The van der Waals surface area contributed by atoms with E-state index in [4.69, 9.17) is 9.47 Å². The van der Waals surface area contributed by atoms with Crippen LogP contribution in [0.15, 0.2) is 4.99 Å². The number of halogens is 1. The van der Waals surface area contributed by atoms with Crippen molar-refractivity contribution in [2.45, 2.75) is 65.8 Å². The summed E-state index contributed by atoms with van der Waals surface area (Å²) in [7, 11) is 1.82. The van der Waals surface area contributed by atoms with Gasteiger partial charge in [-0.2, -0.15) is 0 Å². The standard InChI is InChI=1S/C19H40N4O2.HI/c1-7-24-18(15(2)3)9-11-22-19(20-6)21-10-8-12-23-13-16(4)25-17(5)14-23;/h15-18H,7-14H2,1-6H3,(H2,20,21,22);1H. The van der Waals surface area contributed by atoms with Crippen molar-refractivity contribution in [1.82, 2.24) is 15.5 Å². The van der Waals surface area contributed by atoms with E-state index in [1.165, 1.54) is 0 Å². The summed E-state index contributed by atoms with van der Waals surface area (Å²) in [4.78, 5) is 6.80. The lowest BCUT2D eigenvalue weighted by atomic mass is 10.0. The Labute approximate surface area is 177 Å². The third kappa shape index (κ3) is 10.9. The SMILES string of the molecule is CCOC(CCNC(=NC)NCCCN1CC(C)OC(C)C1)C(C)C.I. The normalized spacial score (nSPS) is 22.8. The highest BCUT2D eigenvalue weighted by Gasteiger charge is 2.21. The number of guanidine groups is 1. The molecule has 0 radical (unpaired) electrons. The van der Waals surface area contributed by atoms with Crippen LogP contribution < -0.4 is 10.6 Å². The highest BCUT2D eigenvalue weighted by atomic mass is 127. The van der Waals surface area contributed by atoms with Crippen molar-refractivity contribution >= 4 is 29.9 Å². The molecule has 0 aromatic rings. The number of hydrogen-bond donors (Lipinski definition) is 2. The zero-order chi connectivity index (χ0) is 18.7. The van der Waals surface area contributed by atoms with E-state index in [1.807, 2.05) is 7.05 Å². The first-order chi connectivity index (χ1) is 12.0. The van der Waals surface area contributed by atoms with Crippen molar-refractivity contribution in [1.29, 1.82) is 0 Å². The predicted molar refractivity (Wildman–Crippen MR) is 121 cm³/mol. The second-order valence-corrected chi connectivity index (χ2v) is 7.32. The smallest absolute Gasteiger partial charge is 0.190 e. The van der Waals surface area contributed by atoms with Gasteiger partial charge in [0.15, 0.2) is 5.96 Å². The zero-order valence-electron chi connectivity index (χ0n) is 17.6. The van der Waals surface area contributed by atoms with E-state index in [1.54, 1.807) is 0 Å². The van der Waals surface area contributed by atoms with Gasteiger partial charge in [-0.15, -0.1) is 24.0 Å². The molecule has 2 N–H and O–H groups in total. The van der Waals surface area contributed by atoms with Crippen molar-refractivity contribution in [3.63, 3.8) is 0 Å². The van der Waals surface area contributed by atoms with Crippen LogP contribution in [-0.2, 0) is 9.47 Å². The number of nitrogens with zero attached hydrogens (tertiary/aromatic N) is 2. The van der Waals surface area contributed by atoms with Gasteiger partial charge >= 0.3 is 0 Å². The summed E-state index contributed by atoms with van der Waals surface area (Å²) in [6.07, 6.45) is 3.08. The summed E-state index contributed by atoms with van der Waals surface area (Å²) in [6, 6.07) is 0. The summed E-state index contributed by atoms with van der Waals surface area (Å²) in [5.41, 5.74) is 0. The Morgan fingerprint density at radius 2 is 1.81 bits per heavy atom. The number of ether oxygens (including phenoxy) is 2. The molecule has 1 rings (SSSR count). The average molecular weight is 484 g/mol. The van der Waals surface area contributed by atoms with Crippen LogP contribution in [0.5, 0.6) is 0 Å². The number of rotatable bonds is 10. The van der Waals surface area contributed by atoms with Crippen LogP contribution in [0.1, 0.15) is 47.5 Å². The Balaban J connectivity index is 0.00000625. The molecule has 0 spiro atoms. The molecule has 0 aromatic carbocycles. The van der Waals surface area contributed by atoms with E-state index in [9.17, 15) is 0 Å². The van der Waals surface area contributed by atoms with E-state index in [2.05, 4.69) is 55.1 Å². The van der Waals surface area contributed by atoms with Crippen LogP contribution in [0, 0.1) is 5.92 Å². The van der Waals surface area contributed by atoms with Crippen molar-refractivity contribution in [3.05, 3.63) is 0 Å². The predicted octanol–water partition coefficient (Wildman–Crippen LogP) is 2.72. The molecule has 0 aliphatic carbocycles. The second-order valence-electron chi connectivity index (χ2n) is 7.32. The maximum atomic E-state index is 5.79. The molecule has 1 aliphatic rings. The average Bonchev–Trinajstić information content (AvgIpc) is 2.55. The first kappa shape index (κ1) is 25.9. The quantitative estimate of drug-likeness (QED) is 0.216. The first-order valence-corrected chi connectivity index (χ1v) is 9.90. The van der Waals surface area contributed by atoms with Crippen LogP contribution in [0.2, 0.25) is 0 Å². The van der Waals surface area contributed by atoms with Crippen LogP contribution in [0.3, 0.4) is 0 Å². The molecule has 3 atom stereocenters. The summed E-state index contributed by atoms with van der Waals surface area (Å²) in [5, 5.41) is 6.80. The lowest BCUT2D eigenvalue weighted by Gasteiger charge is -2.35. The third-order valence-electron chi connectivity index (χ3n) is 4.51. The van der Waals surface area contributed by atoms with Crippen LogP contribution >= 0.6 is 24.0 Å². The largest absolute Gasteiger partial charge is 0.378 e. The summed E-state index contributed by atoms with van der Waals surface area (Å²) in [6.45, 7) is 16.5. The monoisotopic (exact) mass is 484 g/mol. The van der Waals surface area contributed by atoms with Crippen molar-refractivity contribution in [3.8, 4) is 0 Å². The van der Waals surface area contributed by atoms with Crippen molar-refractivity contribution in [2.75, 3.05) is 46.4 Å². The Morgan fingerprint density at radius 1 is 1.19 bits per heavy atom. The Hall–Kier alpha value is -0.120. The highest BCUT2D eigenvalue weighted by molar-refractivity contribution is 14.0. The van der Waals surface area contributed by atoms with E-state index in [0.29, 0.717) is 24.2 Å². The number of hydrogen-bond acceptors (Lipinski definition) is 4. The maximum absolute atomic E-state index is 5.79. The zero-order valence-corrected chi connectivity index (χ0v) is 19.9. The fourth-order valence-electron chi connectivity index (χ4n) is 3.35. The molecule has 7 heteroatoms.